The lowest BCUT2D eigenvalue weighted by Gasteiger charge is -2.55. The first kappa shape index (κ1) is 6.90. The van der Waals surface area contributed by atoms with Crippen LogP contribution in [-0.2, 0) is 0 Å². The van der Waals surface area contributed by atoms with Crippen molar-refractivity contribution < 1.29 is 0 Å². The monoisotopic (exact) mass is 161 g/mol. The summed E-state index contributed by atoms with van der Waals surface area (Å²) in [5, 5.41) is 0. The van der Waals surface area contributed by atoms with Crippen LogP contribution in [0.5, 0.6) is 0 Å². The van der Waals surface area contributed by atoms with E-state index >= 15 is 0 Å². The Labute approximate surface area is 73.8 Å². The fourth-order valence-corrected chi connectivity index (χ4v) is 3.21. The Morgan fingerprint density at radius 3 is 3.08 bits per heavy atom. The van der Waals surface area contributed by atoms with Crippen molar-refractivity contribution in [1.82, 2.24) is 4.90 Å². The number of hydrogen-bond acceptors (Lipinski definition) is 1. The van der Waals surface area contributed by atoms with E-state index < -0.39 is 0 Å². The standard InChI is InChI=1S/C11H15N/c1-2-5-12-7-10-6-9-3-4-11(9,10)8-12/h2-4,9-10H,1,5-8H2. The molecule has 0 bridgehead atoms. The Bertz CT molecular complexity index is 256. The highest BCUT2D eigenvalue weighted by Gasteiger charge is 2.60. The van der Waals surface area contributed by atoms with Gasteiger partial charge >= 0.3 is 0 Å². The molecule has 64 valence electrons. The van der Waals surface area contributed by atoms with Gasteiger partial charge in [-0.3, -0.25) is 4.90 Å². The van der Waals surface area contributed by atoms with Crippen molar-refractivity contribution in [2.24, 2.45) is 17.3 Å². The van der Waals surface area contributed by atoms with E-state index in [4.69, 9.17) is 0 Å². The molecule has 1 saturated carbocycles. The van der Waals surface area contributed by atoms with Crippen LogP contribution >= 0.6 is 0 Å². The summed E-state index contributed by atoms with van der Waals surface area (Å²) >= 11 is 0. The Hall–Kier alpha value is -0.560. The van der Waals surface area contributed by atoms with Crippen molar-refractivity contribution in [2.75, 3.05) is 19.6 Å². The Kier molecular flexibility index (Phi) is 1.16. The number of nitrogens with zero attached hydrogens (tertiary/aromatic N) is 1. The summed E-state index contributed by atoms with van der Waals surface area (Å²) in [4.78, 5) is 2.54. The molecule has 2 fully saturated rings. The smallest absolute Gasteiger partial charge is 0.0161 e. The van der Waals surface area contributed by atoms with E-state index in [1.165, 1.54) is 19.5 Å². The van der Waals surface area contributed by atoms with E-state index in [-0.39, 0.29) is 0 Å². The molecule has 3 unspecified atom stereocenters. The predicted molar refractivity (Wildman–Crippen MR) is 49.8 cm³/mol. The first-order chi connectivity index (χ1) is 5.85. The van der Waals surface area contributed by atoms with Gasteiger partial charge in [-0.2, -0.15) is 0 Å². The SMILES string of the molecule is C=CCN1CC2CC3C=CC32C1. The Morgan fingerprint density at radius 1 is 1.67 bits per heavy atom. The maximum atomic E-state index is 3.79. The maximum Gasteiger partial charge on any atom is 0.0161 e. The number of likely N-dealkylation sites (tertiary alicyclic amines) is 1. The lowest BCUT2D eigenvalue weighted by molar-refractivity contribution is 0.0454. The third-order valence-corrected chi connectivity index (χ3v) is 3.99. The summed E-state index contributed by atoms with van der Waals surface area (Å²) in [7, 11) is 0. The molecule has 1 heterocycles. The highest BCUT2D eigenvalue weighted by Crippen LogP contribution is 2.62. The molecule has 0 aromatic heterocycles. The number of allylic oxidation sites excluding steroid dienone is 1. The molecular weight excluding hydrogens is 146 g/mol. The molecule has 1 spiro atoms. The summed E-state index contributed by atoms with van der Waals surface area (Å²) < 4.78 is 0. The average Bonchev–Trinajstić information content (AvgIpc) is 2.39. The molecule has 0 amide bonds. The lowest BCUT2D eigenvalue weighted by atomic mass is 9.48. The van der Waals surface area contributed by atoms with E-state index in [1.807, 2.05) is 6.08 Å². The van der Waals surface area contributed by atoms with Gasteiger partial charge in [0.25, 0.3) is 0 Å². The molecule has 2 aliphatic carbocycles. The predicted octanol–water partition coefficient (Wildman–Crippen LogP) is 1.68. The Morgan fingerprint density at radius 2 is 2.58 bits per heavy atom. The van der Waals surface area contributed by atoms with Gasteiger partial charge in [-0.05, 0) is 18.3 Å². The number of hydrogen-bond donors (Lipinski definition) is 0. The first-order valence-electron chi connectivity index (χ1n) is 4.88. The molecule has 3 rings (SSSR count). The van der Waals surface area contributed by atoms with Crippen LogP contribution in [0.1, 0.15) is 6.42 Å². The highest BCUT2D eigenvalue weighted by molar-refractivity contribution is 5.31. The van der Waals surface area contributed by atoms with E-state index in [1.54, 1.807) is 0 Å². The van der Waals surface area contributed by atoms with Crippen LogP contribution in [-0.4, -0.2) is 24.5 Å². The van der Waals surface area contributed by atoms with Crippen LogP contribution in [0, 0.1) is 17.3 Å². The summed E-state index contributed by atoms with van der Waals surface area (Å²) in [5.74, 6) is 1.92. The summed E-state index contributed by atoms with van der Waals surface area (Å²) in [6.45, 7) is 7.49. The van der Waals surface area contributed by atoms with Crippen molar-refractivity contribution in [3.05, 3.63) is 24.8 Å². The maximum absolute atomic E-state index is 3.79. The second kappa shape index (κ2) is 2.02. The first-order valence-corrected chi connectivity index (χ1v) is 4.88. The minimum atomic E-state index is 0.642. The van der Waals surface area contributed by atoms with Crippen LogP contribution in [0.25, 0.3) is 0 Å². The van der Waals surface area contributed by atoms with E-state index in [0.29, 0.717) is 5.41 Å². The molecule has 12 heavy (non-hydrogen) atoms. The fourth-order valence-electron chi connectivity index (χ4n) is 3.21. The zero-order valence-electron chi connectivity index (χ0n) is 7.37. The molecule has 0 N–H and O–H groups in total. The summed E-state index contributed by atoms with van der Waals surface area (Å²) in [6, 6.07) is 0. The largest absolute Gasteiger partial charge is 0.298 e. The van der Waals surface area contributed by atoms with E-state index in [0.717, 1.165) is 18.4 Å². The van der Waals surface area contributed by atoms with Crippen LogP contribution in [0.2, 0.25) is 0 Å². The molecule has 1 aliphatic heterocycles. The van der Waals surface area contributed by atoms with Gasteiger partial charge in [0.15, 0.2) is 0 Å². The second-order valence-corrected chi connectivity index (χ2v) is 4.49. The molecule has 1 heteroatoms. The summed E-state index contributed by atoms with van der Waals surface area (Å²) in [5.41, 5.74) is 0.642. The van der Waals surface area contributed by atoms with Crippen LogP contribution < -0.4 is 0 Å². The van der Waals surface area contributed by atoms with Crippen LogP contribution in [0.3, 0.4) is 0 Å². The molecule has 3 atom stereocenters. The van der Waals surface area contributed by atoms with Gasteiger partial charge < -0.3 is 0 Å². The zero-order chi connectivity index (χ0) is 8.18. The second-order valence-electron chi connectivity index (χ2n) is 4.49. The normalized spacial score (nSPS) is 49.0. The van der Waals surface area contributed by atoms with Crippen molar-refractivity contribution in [1.29, 1.82) is 0 Å². The molecule has 0 aromatic rings. The lowest BCUT2D eigenvalue weighted by Crippen LogP contribution is -2.51. The van der Waals surface area contributed by atoms with Crippen molar-refractivity contribution in [3.63, 3.8) is 0 Å². The van der Waals surface area contributed by atoms with Gasteiger partial charge in [-0.15, -0.1) is 6.58 Å². The van der Waals surface area contributed by atoms with Gasteiger partial charge in [-0.25, -0.2) is 0 Å². The van der Waals surface area contributed by atoms with Gasteiger partial charge in [0.2, 0.25) is 0 Å². The molecule has 3 aliphatic rings. The van der Waals surface area contributed by atoms with Crippen LogP contribution in [0.4, 0.5) is 0 Å². The molecule has 1 saturated heterocycles. The van der Waals surface area contributed by atoms with Crippen molar-refractivity contribution in [2.45, 2.75) is 6.42 Å². The quantitative estimate of drug-likeness (QED) is 0.557. The zero-order valence-corrected chi connectivity index (χ0v) is 7.37. The highest BCUT2D eigenvalue weighted by atomic mass is 15.2. The molecule has 0 aromatic carbocycles. The average molecular weight is 161 g/mol. The molecule has 0 radical (unpaired) electrons. The van der Waals surface area contributed by atoms with Crippen LogP contribution in [0.15, 0.2) is 24.8 Å². The number of rotatable bonds is 2. The Balaban J connectivity index is 1.77. The minimum absolute atomic E-state index is 0.642. The minimum Gasteiger partial charge on any atom is -0.298 e. The van der Waals surface area contributed by atoms with Gasteiger partial charge in [-0.1, -0.05) is 18.2 Å². The summed E-state index contributed by atoms with van der Waals surface area (Å²) in [6.07, 6.45) is 8.33. The molecule has 1 nitrogen and oxygen atoms in total. The third kappa shape index (κ3) is 0.601. The van der Waals surface area contributed by atoms with E-state index in [2.05, 4.69) is 23.6 Å². The molecular formula is C11H15N. The van der Waals surface area contributed by atoms with Crippen molar-refractivity contribution >= 4 is 0 Å². The van der Waals surface area contributed by atoms with Gasteiger partial charge in [0.05, 0.1) is 0 Å². The van der Waals surface area contributed by atoms with E-state index in [9.17, 15) is 0 Å². The van der Waals surface area contributed by atoms with Gasteiger partial charge in [0.1, 0.15) is 0 Å². The fraction of sp³-hybridized carbons (Fsp3) is 0.636. The topological polar surface area (TPSA) is 3.24 Å². The van der Waals surface area contributed by atoms with Gasteiger partial charge in [0, 0.05) is 25.0 Å². The van der Waals surface area contributed by atoms with Crippen molar-refractivity contribution in [3.8, 4) is 0 Å². The third-order valence-electron chi connectivity index (χ3n) is 3.99.